The van der Waals surface area contributed by atoms with E-state index in [0.29, 0.717) is 19.4 Å². The Balaban J connectivity index is 1.27. The van der Waals surface area contributed by atoms with Crippen molar-refractivity contribution in [2.45, 2.75) is 88.6 Å². The number of fused-ring (bicyclic) bond motifs is 1. The van der Waals surface area contributed by atoms with E-state index in [1.165, 1.54) is 4.31 Å². The highest BCUT2D eigenvalue weighted by atomic mass is 32.2. The van der Waals surface area contributed by atoms with Crippen molar-refractivity contribution in [3.8, 4) is 0 Å². The van der Waals surface area contributed by atoms with Crippen LogP contribution in [0, 0.1) is 17.8 Å². The molecule has 8 heteroatoms. The number of piperidine rings is 1. The molecule has 1 saturated heterocycles. The Hall–Kier alpha value is -1.93. The van der Waals surface area contributed by atoms with Crippen molar-refractivity contribution in [3.05, 3.63) is 23.8 Å². The number of benzene rings is 1. The Labute approximate surface area is 203 Å². The first kappa shape index (κ1) is 23.8. The van der Waals surface area contributed by atoms with Crippen LogP contribution in [0.25, 0.3) is 0 Å². The van der Waals surface area contributed by atoms with Crippen LogP contribution in [-0.4, -0.2) is 49.7 Å². The third kappa shape index (κ3) is 4.63. The average Bonchev–Trinajstić information content (AvgIpc) is 3.62. The molecule has 2 aliphatic carbocycles. The lowest BCUT2D eigenvalue weighted by Crippen LogP contribution is -2.48. The van der Waals surface area contributed by atoms with Gasteiger partial charge in [0.25, 0.3) is 0 Å². The van der Waals surface area contributed by atoms with Crippen molar-refractivity contribution < 1.29 is 18.0 Å². The molecule has 1 aromatic rings. The molecule has 2 atom stereocenters. The molecule has 0 unspecified atom stereocenters. The molecule has 34 heavy (non-hydrogen) atoms. The molecule has 2 amide bonds. The van der Waals surface area contributed by atoms with Gasteiger partial charge >= 0.3 is 0 Å². The summed E-state index contributed by atoms with van der Waals surface area (Å²) in [5.74, 6) is 0.711. The van der Waals surface area contributed by atoms with Gasteiger partial charge < -0.3 is 10.2 Å². The minimum Gasteiger partial charge on any atom is -0.353 e. The first-order valence-corrected chi connectivity index (χ1v) is 14.4. The minimum absolute atomic E-state index is 0.00328. The van der Waals surface area contributed by atoms with Crippen LogP contribution in [0.4, 0.5) is 5.69 Å². The predicted octanol–water partition coefficient (Wildman–Crippen LogP) is 3.47. The molecule has 186 valence electrons. The molecule has 1 aromatic carbocycles. The molecular weight excluding hydrogens is 450 g/mol. The van der Waals surface area contributed by atoms with E-state index in [9.17, 15) is 18.0 Å². The fourth-order valence-corrected chi connectivity index (χ4v) is 7.45. The van der Waals surface area contributed by atoms with Gasteiger partial charge in [-0.25, -0.2) is 8.42 Å². The number of hydrogen-bond donors (Lipinski definition) is 1. The fourth-order valence-electron chi connectivity index (χ4n) is 5.88. The zero-order valence-electron chi connectivity index (χ0n) is 20.3. The number of rotatable bonds is 5. The normalized spacial score (nSPS) is 30.1. The summed E-state index contributed by atoms with van der Waals surface area (Å²) in [5.41, 5.74) is 1.77. The largest absolute Gasteiger partial charge is 0.353 e. The average molecular weight is 488 g/mol. The fraction of sp³-hybridized carbons (Fsp3) is 0.692. The number of carbonyl (C=O) groups is 2. The molecule has 5 rings (SSSR count). The maximum atomic E-state index is 13.5. The van der Waals surface area contributed by atoms with Crippen molar-refractivity contribution in [1.82, 2.24) is 9.62 Å². The van der Waals surface area contributed by atoms with Gasteiger partial charge in [0.1, 0.15) is 0 Å². The molecule has 2 heterocycles. The van der Waals surface area contributed by atoms with Crippen molar-refractivity contribution in [1.29, 1.82) is 0 Å². The van der Waals surface area contributed by atoms with E-state index in [1.54, 1.807) is 18.2 Å². The highest BCUT2D eigenvalue weighted by Gasteiger charge is 2.40. The summed E-state index contributed by atoms with van der Waals surface area (Å²) in [6.45, 7) is 4.95. The molecule has 2 aliphatic heterocycles. The van der Waals surface area contributed by atoms with Crippen LogP contribution >= 0.6 is 0 Å². The quantitative estimate of drug-likeness (QED) is 0.689. The number of nitrogens with zero attached hydrogens (tertiary/aromatic N) is 2. The van der Waals surface area contributed by atoms with Crippen LogP contribution < -0.4 is 10.2 Å². The topological polar surface area (TPSA) is 86.8 Å². The van der Waals surface area contributed by atoms with Crippen molar-refractivity contribution >= 4 is 27.5 Å². The van der Waals surface area contributed by atoms with E-state index in [-0.39, 0.29) is 47.2 Å². The van der Waals surface area contributed by atoms with Crippen LogP contribution in [0.2, 0.25) is 0 Å². The molecule has 0 radical (unpaired) electrons. The van der Waals surface area contributed by atoms with Gasteiger partial charge in [0, 0.05) is 36.8 Å². The highest BCUT2D eigenvalue weighted by Crippen LogP contribution is 2.40. The van der Waals surface area contributed by atoms with Gasteiger partial charge in [0.2, 0.25) is 21.8 Å². The maximum Gasteiger partial charge on any atom is 0.243 e. The van der Waals surface area contributed by atoms with Crippen LogP contribution in [0.1, 0.15) is 70.8 Å². The second-order valence-corrected chi connectivity index (χ2v) is 12.9. The Morgan fingerprint density at radius 3 is 2.41 bits per heavy atom. The van der Waals surface area contributed by atoms with Crippen LogP contribution in [-0.2, 0) is 26.0 Å². The number of sulfonamides is 1. The van der Waals surface area contributed by atoms with Crippen LogP contribution in [0.3, 0.4) is 0 Å². The van der Waals surface area contributed by atoms with E-state index in [1.807, 2.05) is 11.8 Å². The van der Waals surface area contributed by atoms with Gasteiger partial charge in [-0.05, 0) is 94.4 Å². The summed E-state index contributed by atoms with van der Waals surface area (Å²) >= 11 is 0. The summed E-state index contributed by atoms with van der Waals surface area (Å²) in [6, 6.07) is 5.44. The second kappa shape index (κ2) is 9.26. The molecule has 7 nitrogen and oxygen atoms in total. The second-order valence-electron chi connectivity index (χ2n) is 11.0. The van der Waals surface area contributed by atoms with E-state index in [4.69, 9.17) is 0 Å². The SMILES string of the molecule is CC1CCC(NC(=O)[C@@H]2CCCN(S(=O)(=O)c3ccc4c(c3)C[C@H](C)N4C(=O)C3CC3)C2)CC1. The monoisotopic (exact) mass is 487 g/mol. The Kier molecular flexibility index (Phi) is 6.48. The number of anilines is 1. The third-order valence-electron chi connectivity index (χ3n) is 8.19. The molecular formula is C26H37N3O4S. The zero-order valence-corrected chi connectivity index (χ0v) is 21.1. The lowest BCUT2D eigenvalue weighted by molar-refractivity contribution is -0.127. The number of amides is 2. The molecule has 4 aliphatic rings. The predicted molar refractivity (Wildman–Crippen MR) is 131 cm³/mol. The summed E-state index contributed by atoms with van der Waals surface area (Å²) in [6.07, 6.45) is 8.27. The van der Waals surface area contributed by atoms with Gasteiger partial charge in [-0.2, -0.15) is 4.31 Å². The third-order valence-corrected chi connectivity index (χ3v) is 10.0. The number of hydrogen-bond acceptors (Lipinski definition) is 4. The molecule has 0 bridgehead atoms. The van der Waals surface area contributed by atoms with E-state index in [0.717, 1.165) is 62.1 Å². The Bertz CT molecular complexity index is 1060. The minimum atomic E-state index is -3.70. The Morgan fingerprint density at radius 1 is 0.971 bits per heavy atom. The van der Waals surface area contributed by atoms with Gasteiger partial charge in [-0.3, -0.25) is 9.59 Å². The van der Waals surface area contributed by atoms with Crippen molar-refractivity contribution in [2.75, 3.05) is 18.0 Å². The summed E-state index contributed by atoms with van der Waals surface area (Å²) < 4.78 is 28.5. The van der Waals surface area contributed by atoms with Crippen LogP contribution in [0.15, 0.2) is 23.1 Å². The van der Waals surface area contributed by atoms with E-state index in [2.05, 4.69) is 12.2 Å². The zero-order chi connectivity index (χ0) is 24.0. The smallest absolute Gasteiger partial charge is 0.243 e. The standard InChI is InChI=1S/C26H37N3O4S/c1-17-5-9-22(10-6-17)27-25(30)20-4-3-13-28(16-20)34(32,33)23-11-12-24-21(15-23)14-18(2)29(24)26(31)19-7-8-19/h11-12,15,17-20,22H,3-10,13-14,16H2,1-2H3,(H,27,30)/t17?,18-,20+,22?/m0/s1. The number of nitrogens with one attached hydrogen (secondary N) is 1. The Morgan fingerprint density at radius 2 is 1.71 bits per heavy atom. The summed E-state index contributed by atoms with van der Waals surface area (Å²) in [5, 5.41) is 3.19. The lowest BCUT2D eigenvalue weighted by Gasteiger charge is -2.33. The van der Waals surface area contributed by atoms with E-state index < -0.39 is 10.0 Å². The van der Waals surface area contributed by atoms with Gasteiger partial charge in [0.05, 0.1) is 10.8 Å². The van der Waals surface area contributed by atoms with Crippen LogP contribution in [0.5, 0.6) is 0 Å². The highest BCUT2D eigenvalue weighted by molar-refractivity contribution is 7.89. The van der Waals surface area contributed by atoms with Gasteiger partial charge in [-0.15, -0.1) is 0 Å². The molecule has 2 saturated carbocycles. The molecule has 0 spiro atoms. The lowest BCUT2D eigenvalue weighted by atomic mass is 9.87. The molecule has 1 N–H and O–H groups in total. The molecule has 0 aromatic heterocycles. The van der Waals surface area contributed by atoms with Crippen molar-refractivity contribution in [2.24, 2.45) is 17.8 Å². The van der Waals surface area contributed by atoms with E-state index >= 15 is 0 Å². The molecule has 3 fully saturated rings. The first-order valence-electron chi connectivity index (χ1n) is 13.0. The summed E-state index contributed by atoms with van der Waals surface area (Å²) in [7, 11) is -3.70. The van der Waals surface area contributed by atoms with Crippen molar-refractivity contribution in [3.63, 3.8) is 0 Å². The maximum absolute atomic E-state index is 13.5. The first-order chi connectivity index (χ1) is 16.2. The van der Waals surface area contributed by atoms with Gasteiger partial charge in [-0.1, -0.05) is 6.92 Å². The van der Waals surface area contributed by atoms with Gasteiger partial charge in [0.15, 0.2) is 0 Å². The summed E-state index contributed by atoms with van der Waals surface area (Å²) in [4.78, 5) is 27.8. The number of carbonyl (C=O) groups excluding carboxylic acids is 2.